The third-order valence-electron chi connectivity index (χ3n) is 2.61. The van der Waals surface area contributed by atoms with Crippen LogP contribution in [0.4, 0.5) is 5.69 Å². The molecular formula is C12H15BrN4O2S. The predicted octanol–water partition coefficient (Wildman–Crippen LogP) is 2.03. The number of hydrogen-bond acceptors (Lipinski definition) is 6. The number of nitrogens with one attached hydrogen (secondary N) is 1. The number of aromatic nitrogens is 3. The first kappa shape index (κ1) is 15.1. The van der Waals surface area contributed by atoms with Gasteiger partial charge in [0, 0.05) is 18.2 Å². The zero-order chi connectivity index (χ0) is 14.5. The number of rotatable bonds is 6. The second kappa shape index (κ2) is 6.96. The number of ether oxygens (including phenoxy) is 1. The Morgan fingerprint density at radius 2 is 2.30 bits per heavy atom. The minimum Gasteiger partial charge on any atom is -0.383 e. The van der Waals surface area contributed by atoms with Crippen LogP contribution in [0, 0.1) is 6.92 Å². The molecule has 0 amide bonds. The van der Waals surface area contributed by atoms with Crippen molar-refractivity contribution in [3.8, 4) is 0 Å². The number of halogens is 1. The van der Waals surface area contributed by atoms with Crippen molar-refractivity contribution in [2.75, 3.05) is 19.0 Å². The lowest BCUT2D eigenvalue weighted by molar-refractivity contribution is 0.181. The van der Waals surface area contributed by atoms with E-state index in [1.54, 1.807) is 24.6 Å². The summed E-state index contributed by atoms with van der Waals surface area (Å²) in [6.07, 6.45) is 3.46. The van der Waals surface area contributed by atoms with Crippen molar-refractivity contribution in [3.05, 3.63) is 37.1 Å². The highest BCUT2D eigenvalue weighted by molar-refractivity contribution is 9.10. The van der Waals surface area contributed by atoms with Crippen molar-refractivity contribution in [1.82, 2.24) is 14.8 Å². The maximum atomic E-state index is 12.1. The van der Waals surface area contributed by atoms with Gasteiger partial charge in [-0.2, -0.15) is 5.10 Å². The first-order valence-corrected chi connectivity index (χ1v) is 7.62. The van der Waals surface area contributed by atoms with Gasteiger partial charge in [-0.25, -0.2) is 9.67 Å². The second-order valence-corrected chi connectivity index (χ2v) is 6.20. The Hall–Kier alpha value is -1.25. The number of thiazole rings is 1. The molecule has 108 valence electrons. The summed E-state index contributed by atoms with van der Waals surface area (Å²) in [5.41, 5.74) is 0.502. The monoisotopic (exact) mass is 358 g/mol. The second-order valence-electron chi connectivity index (χ2n) is 4.09. The van der Waals surface area contributed by atoms with E-state index >= 15 is 0 Å². The molecule has 20 heavy (non-hydrogen) atoms. The lowest BCUT2D eigenvalue weighted by Gasteiger charge is -2.09. The fraction of sp³-hybridized carbons (Fsp3) is 0.417. The van der Waals surface area contributed by atoms with Crippen LogP contribution < -0.4 is 10.9 Å². The summed E-state index contributed by atoms with van der Waals surface area (Å²) in [6.45, 7) is 3.46. The van der Waals surface area contributed by atoms with Crippen LogP contribution in [-0.2, 0) is 17.8 Å². The van der Waals surface area contributed by atoms with Gasteiger partial charge in [0.25, 0.3) is 5.56 Å². The van der Waals surface area contributed by atoms with E-state index in [4.69, 9.17) is 4.74 Å². The topological polar surface area (TPSA) is 69.0 Å². The summed E-state index contributed by atoms with van der Waals surface area (Å²) in [7, 11) is 1.59. The van der Waals surface area contributed by atoms with Crippen molar-refractivity contribution < 1.29 is 4.74 Å². The van der Waals surface area contributed by atoms with Gasteiger partial charge in [-0.1, -0.05) is 0 Å². The average Bonchev–Trinajstić information content (AvgIpc) is 2.85. The molecule has 0 atom stereocenters. The Labute approximate surface area is 128 Å². The van der Waals surface area contributed by atoms with Gasteiger partial charge in [0.2, 0.25) is 0 Å². The van der Waals surface area contributed by atoms with Gasteiger partial charge in [0.1, 0.15) is 4.47 Å². The van der Waals surface area contributed by atoms with Crippen LogP contribution in [0.5, 0.6) is 0 Å². The number of nitrogens with zero attached hydrogens (tertiary/aromatic N) is 3. The molecule has 0 unspecified atom stereocenters. The fourth-order valence-electron chi connectivity index (χ4n) is 1.59. The van der Waals surface area contributed by atoms with Gasteiger partial charge < -0.3 is 10.1 Å². The highest BCUT2D eigenvalue weighted by Gasteiger charge is 2.09. The average molecular weight is 359 g/mol. The zero-order valence-corrected chi connectivity index (χ0v) is 13.6. The van der Waals surface area contributed by atoms with Gasteiger partial charge in [0.15, 0.2) is 0 Å². The highest BCUT2D eigenvalue weighted by atomic mass is 79.9. The molecule has 6 nitrogen and oxygen atoms in total. The Kier molecular flexibility index (Phi) is 5.27. The molecule has 2 aromatic rings. The van der Waals surface area contributed by atoms with E-state index in [9.17, 15) is 4.79 Å². The lowest BCUT2D eigenvalue weighted by atomic mass is 10.4. The molecule has 1 N–H and O–H groups in total. The number of hydrogen-bond donors (Lipinski definition) is 1. The third kappa shape index (κ3) is 3.65. The van der Waals surface area contributed by atoms with Crippen LogP contribution >= 0.6 is 27.3 Å². The van der Waals surface area contributed by atoms with Gasteiger partial charge in [-0.15, -0.1) is 11.3 Å². The van der Waals surface area contributed by atoms with Crippen LogP contribution in [0.15, 0.2) is 21.7 Å². The van der Waals surface area contributed by atoms with E-state index in [1.165, 1.54) is 4.68 Å². The Morgan fingerprint density at radius 3 is 2.95 bits per heavy atom. The first-order chi connectivity index (χ1) is 9.61. The number of aryl methyl sites for hydroxylation is 1. The summed E-state index contributed by atoms with van der Waals surface area (Å²) < 4.78 is 6.79. The molecule has 0 aromatic carbocycles. The van der Waals surface area contributed by atoms with Gasteiger partial charge in [-0.3, -0.25) is 4.79 Å². The Balaban J connectivity index is 2.09. The van der Waals surface area contributed by atoms with Crippen LogP contribution in [0.25, 0.3) is 0 Å². The molecular weight excluding hydrogens is 344 g/mol. The van der Waals surface area contributed by atoms with E-state index in [-0.39, 0.29) is 5.56 Å². The van der Waals surface area contributed by atoms with E-state index in [0.717, 1.165) is 9.88 Å². The van der Waals surface area contributed by atoms with Crippen LogP contribution in [0.2, 0.25) is 0 Å². The normalized spacial score (nSPS) is 10.8. The molecule has 0 spiro atoms. The molecule has 2 aromatic heterocycles. The van der Waals surface area contributed by atoms with Crippen molar-refractivity contribution in [2.45, 2.75) is 20.0 Å². The largest absolute Gasteiger partial charge is 0.383 e. The maximum Gasteiger partial charge on any atom is 0.283 e. The van der Waals surface area contributed by atoms with Crippen LogP contribution in [0.1, 0.15) is 9.88 Å². The predicted molar refractivity (Wildman–Crippen MR) is 82.3 cm³/mol. The fourth-order valence-corrected chi connectivity index (χ4v) is 2.78. The van der Waals surface area contributed by atoms with Crippen molar-refractivity contribution in [2.24, 2.45) is 0 Å². The quantitative estimate of drug-likeness (QED) is 0.855. The molecule has 2 rings (SSSR count). The standard InChI is InChI=1S/C12H15BrN4O2S/c1-8-14-5-9(20-8)6-15-10-7-16-17(3-4-19-2)12(18)11(10)13/h5,7,15H,3-4,6H2,1-2H3. The lowest BCUT2D eigenvalue weighted by Crippen LogP contribution is -2.26. The molecule has 0 aliphatic heterocycles. The third-order valence-corrected chi connectivity index (χ3v) is 4.29. The minimum absolute atomic E-state index is 0.174. The molecule has 0 radical (unpaired) electrons. The molecule has 0 aliphatic carbocycles. The molecule has 0 aliphatic rings. The summed E-state index contributed by atoms with van der Waals surface area (Å²) in [4.78, 5) is 17.4. The summed E-state index contributed by atoms with van der Waals surface area (Å²) >= 11 is 4.93. The molecule has 8 heteroatoms. The molecule has 0 fully saturated rings. The van der Waals surface area contributed by atoms with Crippen LogP contribution in [0.3, 0.4) is 0 Å². The first-order valence-electron chi connectivity index (χ1n) is 6.01. The maximum absolute atomic E-state index is 12.1. The van der Waals surface area contributed by atoms with Gasteiger partial charge >= 0.3 is 0 Å². The number of anilines is 1. The molecule has 2 heterocycles. The van der Waals surface area contributed by atoms with E-state index in [1.807, 2.05) is 13.1 Å². The highest BCUT2D eigenvalue weighted by Crippen LogP contribution is 2.19. The summed E-state index contributed by atoms with van der Waals surface area (Å²) in [5.74, 6) is 0. The van der Waals surface area contributed by atoms with Crippen LogP contribution in [-0.4, -0.2) is 28.5 Å². The zero-order valence-electron chi connectivity index (χ0n) is 11.2. The minimum atomic E-state index is -0.174. The van der Waals surface area contributed by atoms with Crippen molar-refractivity contribution in [3.63, 3.8) is 0 Å². The van der Waals surface area contributed by atoms with Gasteiger partial charge in [-0.05, 0) is 22.9 Å². The molecule has 0 saturated carbocycles. The Morgan fingerprint density at radius 1 is 1.50 bits per heavy atom. The molecule has 0 saturated heterocycles. The van der Waals surface area contributed by atoms with E-state index < -0.39 is 0 Å². The van der Waals surface area contributed by atoms with E-state index in [0.29, 0.717) is 29.9 Å². The summed E-state index contributed by atoms with van der Waals surface area (Å²) in [6, 6.07) is 0. The summed E-state index contributed by atoms with van der Waals surface area (Å²) in [5, 5.41) is 8.32. The smallest absolute Gasteiger partial charge is 0.283 e. The van der Waals surface area contributed by atoms with Crippen molar-refractivity contribution in [1.29, 1.82) is 0 Å². The van der Waals surface area contributed by atoms with E-state index in [2.05, 4.69) is 31.3 Å². The van der Waals surface area contributed by atoms with Gasteiger partial charge in [0.05, 0.1) is 36.6 Å². The SMILES string of the molecule is COCCn1ncc(NCc2cnc(C)s2)c(Br)c1=O. The molecule has 0 bridgehead atoms. The Bertz CT molecular complexity index is 641. The van der Waals surface area contributed by atoms with Crippen molar-refractivity contribution >= 4 is 33.0 Å². The number of methoxy groups -OCH3 is 1.